The summed E-state index contributed by atoms with van der Waals surface area (Å²) < 4.78 is 10.1. The maximum absolute atomic E-state index is 11.8. The molecule has 1 aromatic rings. The molecule has 0 spiro atoms. The Bertz CT molecular complexity index is 561. The normalized spacial score (nSPS) is 19.3. The van der Waals surface area contributed by atoms with Crippen molar-refractivity contribution < 1.29 is 23.9 Å². The van der Waals surface area contributed by atoms with E-state index in [1.807, 2.05) is 37.3 Å². The third kappa shape index (κ3) is 4.70. The van der Waals surface area contributed by atoms with Gasteiger partial charge in [0.2, 0.25) is 5.91 Å². The minimum Gasteiger partial charge on any atom is -0.464 e. The van der Waals surface area contributed by atoms with E-state index in [-0.39, 0.29) is 6.61 Å². The van der Waals surface area contributed by atoms with Gasteiger partial charge in [-0.25, -0.2) is 9.59 Å². The highest BCUT2D eigenvalue weighted by atomic mass is 16.5. The zero-order chi connectivity index (χ0) is 16.7. The van der Waals surface area contributed by atoms with Crippen molar-refractivity contribution in [1.29, 1.82) is 0 Å². The lowest BCUT2D eigenvalue weighted by atomic mass is 9.99. The fourth-order valence-corrected chi connectivity index (χ4v) is 2.02. The Balaban J connectivity index is 1.77. The van der Waals surface area contributed by atoms with Gasteiger partial charge in [-0.1, -0.05) is 43.7 Å². The number of β-lactam (4-membered cyclic amide) rings is 1. The second-order valence-electron chi connectivity index (χ2n) is 5.19. The molecule has 7 heteroatoms. The van der Waals surface area contributed by atoms with E-state index < -0.39 is 30.1 Å². The highest BCUT2D eigenvalue weighted by Crippen LogP contribution is 2.10. The quantitative estimate of drug-likeness (QED) is 0.446. The first-order valence-corrected chi connectivity index (χ1v) is 7.56. The maximum Gasteiger partial charge on any atom is 0.408 e. The van der Waals surface area contributed by atoms with Gasteiger partial charge in [0.05, 0.1) is 6.61 Å². The van der Waals surface area contributed by atoms with Crippen molar-refractivity contribution in [3.05, 3.63) is 35.9 Å². The number of alkyl carbamates (subject to hydrolysis) is 1. The van der Waals surface area contributed by atoms with Crippen molar-refractivity contribution in [2.45, 2.75) is 38.5 Å². The van der Waals surface area contributed by atoms with Crippen molar-refractivity contribution in [2.75, 3.05) is 6.61 Å². The summed E-state index contributed by atoms with van der Waals surface area (Å²) in [6, 6.07) is 7.35. The zero-order valence-corrected chi connectivity index (χ0v) is 12.9. The number of hydrogen-bond acceptors (Lipinski definition) is 5. The van der Waals surface area contributed by atoms with Crippen LogP contribution in [-0.2, 0) is 25.7 Å². The molecule has 1 saturated heterocycles. The van der Waals surface area contributed by atoms with Gasteiger partial charge in [0.15, 0.2) is 6.04 Å². The second kappa shape index (κ2) is 8.17. The molecule has 2 N–H and O–H groups in total. The minimum atomic E-state index is -0.951. The molecule has 7 nitrogen and oxygen atoms in total. The Morgan fingerprint density at radius 3 is 2.61 bits per heavy atom. The average molecular weight is 320 g/mol. The van der Waals surface area contributed by atoms with Crippen LogP contribution < -0.4 is 10.6 Å². The molecule has 0 aromatic heterocycles. The maximum atomic E-state index is 11.8. The van der Waals surface area contributed by atoms with E-state index in [2.05, 4.69) is 10.6 Å². The van der Waals surface area contributed by atoms with Crippen LogP contribution in [-0.4, -0.2) is 36.7 Å². The Hall–Kier alpha value is -2.57. The molecule has 2 atom stereocenters. The molecule has 124 valence electrons. The van der Waals surface area contributed by atoms with Crippen LogP contribution in [0.5, 0.6) is 0 Å². The van der Waals surface area contributed by atoms with Gasteiger partial charge in [0.25, 0.3) is 0 Å². The van der Waals surface area contributed by atoms with Gasteiger partial charge in [-0.15, -0.1) is 0 Å². The lowest BCUT2D eigenvalue weighted by molar-refractivity contribution is -0.155. The Morgan fingerprint density at radius 2 is 1.96 bits per heavy atom. The van der Waals surface area contributed by atoms with Crippen LogP contribution in [0.25, 0.3) is 0 Å². The molecule has 2 rings (SSSR count). The van der Waals surface area contributed by atoms with Gasteiger partial charge in [0.1, 0.15) is 12.6 Å². The SMILES string of the molecule is CCCCOC(=O)[C@@H]1NC(=O)[C@@H]1NC(=O)OCc1ccccc1. The van der Waals surface area contributed by atoms with Gasteiger partial charge in [-0.3, -0.25) is 4.79 Å². The molecule has 0 bridgehead atoms. The van der Waals surface area contributed by atoms with E-state index >= 15 is 0 Å². The first-order valence-electron chi connectivity index (χ1n) is 7.56. The molecule has 1 aliphatic heterocycles. The monoisotopic (exact) mass is 320 g/mol. The Kier molecular flexibility index (Phi) is 5.96. The summed E-state index contributed by atoms with van der Waals surface area (Å²) in [5.41, 5.74) is 0.830. The number of amides is 2. The standard InChI is InChI=1S/C16H20N2O5/c1-2-3-9-22-15(20)13-12(14(19)17-13)18-16(21)23-10-11-7-5-4-6-8-11/h4-8,12-13H,2-3,9-10H2,1H3,(H,17,19)(H,18,21)/t12-,13-/m1/s1. The third-order valence-electron chi connectivity index (χ3n) is 3.40. The molecular formula is C16H20N2O5. The largest absolute Gasteiger partial charge is 0.464 e. The fourth-order valence-electron chi connectivity index (χ4n) is 2.02. The number of esters is 1. The highest BCUT2D eigenvalue weighted by molar-refractivity contribution is 6.01. The summed E-state index contributed by atoms with van der Waals surface area (Å²) in [6.07, 6.45) is 0.904. The second-order valence-corrected chi connectivity index (χ2v) is 5.19. The first-order chi connectivity index (χ1) is 11.1. The summed E-state index contributed by atoms with van der Waals surface area (Å²) in [7, 11) is 0. The number of benzene rings is 1. The van der Waals surface area contributed by atoms with Crippen LogP contribution >= 0.6 is 0 Å². The van der Waals surface area contributed by atoms with Gasteiger partial charge in [-0.05, 0) is 12.0 Å². The summed E-state index contributed by atoms with van der Waals surface area (Å²) in [5.74, 6) is -0.981. The number of carbonyl (C=O) groups is 3. The van der Waals surface area contributed by atoms with Crippen molar-refractivity contribution in [3.8, 4) is 0 Å². The van der Waals surface area contributed by atoms with E-state index in [1.54, 1.807) is 0 Å². The lowest BCUT2D eigenvalue weighted by Gasteiger charge is -2.34. The molecule has 1 aliphatic rings. The molecule has 0 radical (unpaired) electrons. The number of carbonyl (C=O) groups excluding carboxylic acids is 3. The Morgan fingerprint density at radius 1 is 1.22 bits per heavy atom. The summed E-state index contributed by atoms with van der Waals surface area (Å²) >= 11 is 0. The molecular weight excluding hydrogens is 300 g/mol. The molecule has 1 aromatic carbocycles. The molecule has 1 heterocycles. The van der Waals surface area contributed by atoms with Crippen LogP contribution in [0, 0.1) is 0 Å². The molecule has 2 amide bonds. The van der Waals surface area contributed by atoms with Crippen LogP contribution in [0.15, 0.2) is 30.3 Å². The predicted octanol–water partition coefficient (Wildman–Crippen LogP) is 1.12. The van der Waals surface area contributed by atoms with E-state index in [0.717, 1.165) is 18.4 Å². The number of ether oxygens (including phenoxy) is 2. The van der Waals surface area contributed by atoms with Crippen LogP contribution in [0.2, 0.25) is 0 Å². The highest BCUT2D eigenvalue weighted by Gasteiger charge is 2.46. The fraction of sp³-hybridized carbons (Fsp3) is 0.438. The van der Waals surface area contributed by atoms with Crippen LogP contribution in [0.1, 0.15) is 25.3 Å². The first kappa shape index (κ1) is 16.8. The Labute approximate surface area is 134 Å². The van der Waals surface area contributed by atoms with Crippen molar-refractivity contribution >= 4 is 18.0 Å². The van der Waals surface area contributed by atoms with Gasteiger partial charge in [-0.2, -0.15) is 0 Å². The zero-order valence-electron chi connectivity index (χ0n) is 12.9. The topological polar surface area (TPSA) is 93.7 Å². The van der Waals surface area contributed by atoms with Crippen molar-refractivity contribution in [3.63, 3.8) is 0 Å². The van der Waals surface area contributed by atoms with Gasteiger partial charge >= 0.3 is 12.1 Å². The molecule has 0 aliphatic carbocycles. The predicted molar refractivity (Wildman–Crippen MR) is 81.3 cm³/mol. The summed E-state index contributed by atoms with van der Waals surface area (Å²) in [6.45, 7) is 2.37. The van der Waals surface area contributed by atoms with Gasteiger partial charge < -0.3 is 20.1 Å². The van der Waals surface area contributed by atoms with Crippen LogP contribution in [0.4, 0.5) is 4.79 Å². The van der Waals surface area contributed by atoms with E-state index in [1.165, 1.54) is 0 Å². The molecule has 0 saturated carbocycles. The number of rotatable bonds is 7. The van der Waals surface area contributed by atoms with E-state index in [4.69, 9.17) is 9.47 Å². The third-order valence-corrected chi connectivity index (χ3v) is 3.40. The van der Waals surface area contributed by atoms with Crippen LogP contribution in [0.3, 0.4) is 0 Å². The summed E-state index contributed by atoms with van der Waals surface area (Å²) in [5, 5.41) is 4.80. The average Bonchev–Trinajstić information content (AvgIpc) is 2.56. The number of unbranched alkanes of at least 4 members (excludes halogenated alkanes) is 1. The number of hydrogen-bond donors (Lipinski definition) is 2. The lowest BCUT2D eigenvalue weighted by Crippen LogP contribution is -2.72. The van der Waals surface area contributed by atoms with Crippen molar-refractivity contribution in [2.24, 2.45) is 0 Å². The molecule has 1 fully saturated rings. The summed E-state index contributed by atoms with van der Waals surface area (Å²) in [4.78, 5) is 35.0. The van der Waals surface area contributed by atoms with Gasteiger partial charge in [0, 0.05) is 0 Å². The van der Waals surface area contributed by atoms with Crippen molar-refractivity contribution in [1.82, 2.24) is 10.6 Å². The number of nitrogens with one attached hydrogen (secondary N) is 2. The smallest absolute Gasteiger partial charge is 0.408 e. The van der Waals surface area contributed by atoms with E-state index in [9.17, 15) is 14.4 Å². The molecule has 0 unspecified atom stereocenters. The minimum absolute atomic E-state index is 0.0899. The van der Waals surface area contributed by atoms with E-state index in [0.29, 0.717) is 6.61 Å². The molecule has 23 heavy (non-hydrogen) atoms.